The minimum atomic E-state index is -4.32. The summed E-state index contributed by atoms with van der Waals surface area (Å²) in [7, 11) is -4.32. The van der Waals surface area contributed by atoms with E-state index in [4.69, 9.17) is 34.8 Å². The van der Waals surface area contributed by atoms with Gasteiger partial charge in [0, 0.05) is 28.5 Å². The van der Waals surface area contributed by atoms with Crippen molar-refractivity contribution >= 4 is 62.3 Å². The zero-order valence-electron chi connectivity index (χ0n) is 25.1. The normalized spacial score (nSPS) is 12.3. The second-order valence-electron chi connectivity index (χ2n) is 11.5. The zero-order valence-corrected chi connectivity index (χ0v) is 28.2. The van der Waals surface area contributed by atoms with Crippen LogP contribution in [0.15, 0.2) is 108 Å². The summed E-state index contributed by atoms with van der Waals surface area (Å²) in [6.07, 6.45) is 0.169. The van der Waals surface area contributed by atoms with Gasteiger partial charge in [-0.15, -0.1) is 0 Å². The Kier molecular flexibility index (Phi) is 11.2. The molecular weight excluding hydrogens is 653 g/mol. The minimum Gasteiger partial charge on any atom is -0.350 e. The highest BCUT2D eigenvalue weighted by molar-refractivity contribution is 7.92. The first-order valence-corrected chi connectivity index (χ1v) is 16.8. The van der Waals surface area contributed by atoms with Crippen molar-refractivity contribution < 1.29 is 18.0 Å². The minimum absolute atomic E-state index is 0.0258. The number of amides is 2. The van der Waals surface area contributed by atoms with Gasteiger partial charge in [0.15, 0.2) is 0 Å². The van der Waals surface area contributed by atoms with Gasteiger partial charge in [-0.3, -0.25) is 13.9 Å². The number of sulfonamides is 1. The summed E-state index contributed by atoms with van der Waals surface area (Å²) in [5.41, 5.74) is 0.822. The van der Waals surface area contributed by atoms with Gasteiger partial charge in [0.2, 0.25) is 11.8 Å². The van der Waals surface area contributed by atoms with Gasteiger partial charge in [0.25, 0.3) is 10.0 Å². The molecule has 236 valence electrons. The molecular formula is C34H34Cl3N3O4S. The number of anilines is 1. The maximum atomic E-state index is 14.5. The van der Waals surface area contributed by atoms with Crippen molar-refractivity contribution in [2.75, 3.05) is 10.8 Å². The molecule has 4 aromatic rings. The fraction of sp³-hybridized carbons (Fsp3) is 0.235. The third kappa shape index (κ3) is 9.01. The van der Waals surface area contributed by atoms with Gasteiger partial charge in [0.05, 0.1) is 15.6 Å². The summed E-state index contributed by atoms with van der Waals surface area (Å²) in [4.78, 5) is 29.8. The average molecular weight is 687 g/mol. The summed E-state index contributed by atoms with van der Waals surface area (Å²) < 4.78 is 29.1. The van der Waals surface area contributed by atoms with E-state index >= 15 is 0 Å². The SMILES string of the molecule is CC(C)(C)NC(=O)[C@@H](Cc1ccccc1)N(Cc1ccccc1Cl)C(=O)CN(c1cc(Cl)ccc1Cl)S(=O)(=O)c1ccccc1. The summed E-state index contributed by atoms with van der Waals surface area (Å²) in [5.74, 6) is -1.04. The fourth-order valence-corrected chi connectivity index (χ4v) is 6.80. The van der Waals surface area contributed by atoms with Crippen molar-refractivity contribution in [1.29, 1.82) is 0 Å². The number of hydrogen-bond donors (Lipinski definition) is 1. The van der Waals surface area contributed by atoms with Crippen LogP contribution in [0.1, 0.15) is 31.9 Å². The van der Waals surface area contributed by atoms with E-state index < -0.39 is 40.0 Å². The predicted octanol–water partition coefficient (Wildman–Crippen LogP) is 7.40. The van der Waals surface area contributed by atoms with Crippen LogP contribution in [0.2, 0.25) is 15.1 Å². The van der Waals surface area contributed by atoms with Crippen LogP contribution in [-0.4, -0.2) is 43.3 Å². The molecule has 0 aliphatic heterocycles. The number of rotatable bonds is 11. The third-order valence-corrected chi connectivity index (χ3v) is 9.55. The molecule has 0 radical (unpaired) electrons. The van der Waals surface area contributed by atoms with Crippen LogP contribution < -0.4 is 9.62 Å². The van der Waals surface area contributed by atoms with Crippen molar-refractivity contribution in [3.05, 3.63) is 129 Å². The van der Waals surface area contributed by atoms with Gasteiger partial charge in [0.1, 0.15) is 12.6 Å². The summed E-state index contributed by atoms with van der Waals surface area (Å²) in [6, 6.07) is 27.4. The lowest BCUT2D eigenvalue weighted by molar-refractivity contribution is -0.140. The van der Waals surface area contributed by atoms with E-state index in [-0.39, 0.29) is 33.6 Å². The van der Waals surface area contributed by atoms with E-state index in [1.807, 2.05) is 51.1 Å². The first-order valence-electron chi connectivity index (χ1n) is 14.2. The maximum Gasteiger partial charge on any atom is 0.264 e. The van der Waals surface area contributed by atoms with Gasteiger partial charge in [-0.25, -0.2) is 8.42 Å². The molecule has 11 heteroatoms. The topological polar surface area (TPSA) is 86.8 Å². The number of nitrogens with one attached hydrogen (secondary N) is 1. The number of hydrogen-bond acceptors (Lipinski definition) is 4. The van der Waals surface area contributed by atoms with Crippen LogP contribution in [-0.2, 0) is 32.6 Å². The lowest BCUT2D eigenvalue weighted by atomic mass is 10.0. The molecule has 1 atom stereocenters. The van der Waals surface area contributed by atoms with Gasteiger partial charge < -0.3 is 10.2 Å². The summed E-state index contributed by atoms with van der Waals surface area (Å²) in [6.45, 7) is 4.81. The molecule has 2 amide bonds. The van der Waals surface area contributed by atoms with Crippen LogP contribution >= 0.6 is 34.8 Å². The molecule has 1 N–H and O–H groups in total. The predicted molar refractivity (Wildman–Crippen MR) is 181 cm³/mol. The highest BCUT2D eigenvalue weighted by Crippen LogP contribution is 2.33. The first kappa shape index (κ1) is 34.3. The molecule has 45 heavy (non-hydrogen) atoms. The van der Waals surface area contributed by atoms with Crippen molar-refractivity contribution in [2.24, 2.45) is 0 Å². The molecule has 0 heterocycles. The van der Waals surface area contributed by atoms with E-state index in [1.165, 1.54) is 35.2 Å². The number of halogens is 3. The Morgan fingerprint density at radius 1 is 0.800 bits per heavy atom. The molecule has 0 spiro atoms. The second-order valence-corrected chi connectivity index (χ2v) is 14.6. The van der Waals surface area contributed by atoms with Gasteiger partial charge in [-0.05, 0) is 68.3 Å². The average Bonchev–Trinajstić information content (AvgIpc) is 2.99. The van der Waals surface area contributed by atoms with Crippen molar-refractivity contribution in [3.8, 4) is 0 Å². The van der Waals surface area contributed by atoms with E-state index in [2.05, 4.69) is 5.32 Å². The van der Waals surface area contributed by atoms with Gasteiger partial charge in [-0.2, -0.15) is 0 Å². The molecule has 0 saturated heterocycles. The van der Waals surface area contributed by atoms with Crippen LogP contribution in [0, 0.1) is 0 Å². The van der Waals surface area contributed by atoms with Crippen LogP contribution in [0.5, 0.6) is 0 Å². The Hall–Kier alpha value is -3.56. The lowest BCUT2D eigenvalue weighted by Gasteiger charge is -2.35. The third-order valence-electron chi connectivity index (χ3n) is 6.85. The number of benzene rings is 4. The Balaban J connectivity index is 1.85. The van der Waals surface area contributed by atoms with Gasteiger partial charge >= 0.3 is 0 Å². The molecule has 0 saturated carbocycles. The number of nitrogens with zero attached hydrogens (tertiary/aromatic N) is 2. The Bertz CT molecular complexity index is 1750. The van der Waals surface area contributed by atoms with Crippen molar-refractivity contribution in [2.45, 2.75) is 50.2 Å². The molecule has 0 bridgehead atoms. The van der Waals surface area contributed by atoms with Crippen LogP contribution in [0.3, 0.4) is 0 Å². The second kappa shape index (κ2) is 14.7. The highest BCUT2D eigenvalue weighted by atomic mass is 35.5. The van der Waals surface area contributed by atoms with Crippen molar-refractivity contribution in [3.63, 3.8) is 0 Å². The first-order chi connectivity index (χ1) is 21.3. The molecule has 7 nitrogen and oxygen atoms in total. The molecule has 0 aromatic heterocycles. The largest absolute Gasteiger partial charge is 0.350 e. The molecule has 0 unspecified atom stereocenters. The van der Waals surface area contributed by atoms with E-state index in [0.29, 0.717) is 10.6 Å². The Morgan fingerprint density at radius 3 is 2.02 bits per heavy atom. The molecule has 0 aliphatic rings. The lowest BCUT2D eigenvalue weighted by Crippen LogP contribution is -2.56. The van der Waals surface area contributed by atoms with Crippen LogP contribution in [0.4, 0.5) is 5.69 Å². The van der Waals surface area contributed by atoms with E-state index in [1.54, 1.807) is 42.5 Å². The number of carbonyl (C=O) groups excluding carboxylic acids is 2. The van der Waals surface area contributed by atoms with Gasteiger partial charge in [-0.1, -0.05) is 102 Å². The molecule has 0 aliphatic carbocycles. The van der Waals surface area contributed by atoms with E-state index in [0.717, 1.165) is 9.87 Å². The summed E-state index contributed by atoms with van der Waals surface area (Å²) >= 11 is 19.3. The summed E-state index contributed by atoms with van der Waals surface area (Å²) in [5, 5.41) is 3.71. The molecule has 4 aromatic carbocycles. The molecule has 0 fully saturated rings. The fourth-order valence-electron chi connectivity index (χ4n) is 4.73. The number of carbonyl (C=O) groups is 2. The quantitative estimate of drug-likeness (QED) is 0.178. The highest BCUT2D eigenvalue weighted by Gasteiger charge is 2.36. The smallest absolute Gasteiger partial charge is 0.264 e. The monoisotopic (exact) mass is 685 g/mol. The van der Waals surface area contributed by atoms with Crippen molar-refractivity contribution in [1.82, 2.24) is 10.2 Å². The zero-order chi connectivity index (χ0) is 32.8. The standard InChI is InChI=1S/C34H34Cl3N3O4S/c1-34(2,3)38-33(42)31(20-24-12-6-4-7-13-24)39(22-25-14-10-11-17-28(25)36)32(41)23-40(30-21-26(35)18-19-29(30)37)45(43,44)27-15-8-5-9-16-27/h4-19,21,31H,20,22-23H2,1-3H3,(H,38,42)/t31-/m1/s1. The molecule has 4 rings (SSSR count). The maximum absolute atomic E-state index is 14.5. The van der Waals surface area contributed by atoms with E-state index in [9.17, 15) is 18.0 Å². The Morgan fingerprint density at radius 2 is 1.40 bits per heavy atom. The Labute approximate surface area is 279 Å². The van der Waals surface area contributed by atoms with Crippen LogP contribution in [0.25, 0.3) is 0 Å².